The zero-order chi connectivity index (χ0) is 18.5. The van der Waals surface area contributed by atoms with Crippen LogP contribution in [0.1, 0.15) is 55.2 Å². The van der Waals surface area contributed by atoms with E-state index in [1.807, 2.05) is 18.2 Å². The van der Waals surface area contributed by atoms with Crippen molar-refractivity contribution < 1.29 is 4.79 Å². The molecule has 4 rings (SSSR count). The summed E-state index contributed by atoms with van der Waals surface area (Å²) in [6.45, 7) is 1.44. The van der Waals surface area contributed by atoms with Crippen LogP contribution in [0.4, 0.5) is 0 Å². The summed E-state index contributed by atoms with van der Waals surface area (Å²) in [5.74, 6) is 2.03. The number of para-hydroxylation sites is 1. The molecule has 1 aliphatic rings. The monoisotopic (exact) mass is 383 g/mol. The van der Waals surface area contributed by atoms with Gasteiger partial charge in [0.1, 0.15) is 5.82 Å². The molecular weight excluding hydrogens is 358 g/mol. The van der Waals surface area contributed by atoms with Crippen molar-refractivity contribution in [1.82, 2.24) is 25.1 Å². The molecule has 1 aromatic carbocycles. The molecule has 0 bridgehead atoms. The quantitative estimate of drug-likeness (QED) is 0.632. The van der Waals surface area contributed by atoms with E-state index < -0.39 is 0 Å². The maximum atomic E-state index is 12.1. The predicted molar refractivity (Wildman–Crippen MR) is 107 cm³/mol. The van der Waals surface area contributed by atoms with Crippen LogP contribution in [0, 0.1) is 0 Å². The average molecular weight is 384 g/mol. The van der Waals surface area contributed by atoms with Crippen LogP contribution in [0.3, 0.4) is 0 Å². The molecule has 1 aliphatic heterocycles. The van der Waals surface area contributed by atoms with Gasteiger partial charge in [0.2, 0.25) is 5.91 Å². The molecule has 0 radical (unpaired) electrons. The lowest BCUT2D eigenvalue weighted by molar-refractivity contribution is -0.121. The second-order valence-corrected chi connectivity index (χ2v) is 8.17. The molecule has 0 saturated carbocycles. The lowest BCUT2D eigenvalue weighted by Crippen LogP contribution is -2.24. The van der Waals surface area contributed by atoms with E-state index >= 15 is 0 Å². The van der Waals surface area contributed by atoms with Crippen LogP contribution >= 0.6 is 11.3 Å². The molecule has 0 saturated heterocycles. The molecule has 7 heteroatoms. The van der Waals surface area contributed by atoms with Crippen LogP contribution < -0.4 is 5.32 Å². The summed E-state index contributed by atoms with van der Waals surface area (Å²) in [6.07, 6.45) is 7.91. The Balaban J connectivity index is 1.19. The van der Waals surface area contributed by atoms with Crippen molar-refractivity contribution in [3.05, 3.63) is 40.9 Å². The molecule has 6 nitrogen and oxygen atoms in total. The van der Waals surface area contributed by atoms with Crippen molar-refractivity contribution in [3.63, 3.8) is 0 Å². The minimum absolute atomic E-state index is 0.0882. The minimum Gasteiger partial charge on any atom is -0.349 e. The van der Waals surface area contributed by atoms with E-state index in [1.165, 1.54) is 17.5 Å². The normalized spacial score (nSPS) is 14.1. The molecule has 3 heterocycles. The van der Waals surface area contributed by atoms with Crippen molar-refractivity contribution in [3.8, 4) is 0 Å². The average Bonchev–Trinajstić information content (AvgIpc) is 3.19. The molecule has 27 heavy (non-hydrogen) atoms. The van der Waals surface area contributed by atoms with E-state index in [0.29, 0.717) is 13.0 Å². The number of aromatic nitrogens is 4. The highest BCUT2D eigenvalue weighted by atomic mass is 32.1. The Hall–Kier alpha value is -2.28. The number of amides is 1. The molecule has 1 amide bonds. The van der Waals surface area contributed by atoms with Crippen molar-refractivity contribution in [2.75, 3.05) is 0 Å². The number of nitrogens with zero attached hydrogens (tertiary/aromatic N) is 4. The highest BCUT2D eigenvalue weighted by Gasteiger charge is 2.15. The Labute approximate surface area is 163 Å². The van der Waals surface area contributed by atoms with E-state index in [0.717, 1.165) is 60.8 Å². The summed E-state index contributed by atoms with van der Waals surface area (Å²) < 4.78 is 3.41. The van der Waals surface area contributed by atoms with Crippen molar-refractivity contribution >= 4 is 27.5 Å². The molecule has 0 fully saturated rings. The first kappa shape index (κ1) is 18.1. The fourth-order valence-electron chi connectivity index (χ4n) is 3.53. The third kappa shape index (κ3) is 4.53. The fourth-order valence-corrected chi connectivity index (χ4v) is 4.54. The van der Waals surface area contributed by atoms with Gasteiger partial charge in [-0.1, -0.05) is 18.6 Å². The molecule has 1 N–H and O–H groups in total. The van der Waals surface area contributed by atoms with Crippen LogP contribution in [-0.2, 0) is 30.7 Å². The summed E-state index contributed by atoms with van der Waals surface area (Å²) in [7, 11) is 0. The first-order valence-electron chi connectivity index (χ1n) is 9.82. The summed E-state index contributed by atoms with van der Waals surface area (Å²) in [5.41, 5.74) is 1.07. The summed E-state index contributed by atoms with van der Waals surface area (Å²) in [5, 5.41) is 12.7. The predicted octanol–water partition coefficient (Wildman–Crippen LogP) is 3.64. The number of carbonyl (C=O) groups excluding carboxylic acids is 1. The van der Waals surface area contributed by atoms with E-state index in [4.69, 9.17) is 0 Å². The number of unbranched alkanes of at least 4 members (excludes halogenated alkanes) is 1. The number of thiazole rings is 1. The van der Waals surface area contributed by atoms with Gasteiger partial charge < -0.3 is 9.88 Å². The van der Waals surface area contributed by atoms with Gasteiger partial charge >= 0.3 is 0 Å². The second-order valence-electron chi connectivity index (χ2n) is 7.05. The number of hydrogen-bond acceptors (Lipinski definition) is 5. The zero-order valence-corrected chi connectivity index (χ0v) is 16.3. The third-order valence-electron chi connectivity index (χ3n) is 5.01. The number of nitrogens with one attached hydrogen (secondary N) is 1. The van der Waals surface area contributed by atoms with Gasteiger partial charge in [-0.15, -0.1) is 21.5 Å². The Morgan fingerprint density at radius 2 is 2.07 bits per heavy atom. The number of rotatable bonds is 7. The van der Waals surface area contributed by atoms with Crippen molar-refractivity contribution in [1.29, 1.82) is 0 Å². The van der Waals surface area contributed by atoms with Gasteiger partial charge in [0.25, 0.3) is 0 Å². The molecule has 0 aliphatic carbocycles. The Kier molecular flexibility index (Phi) is 5.77. The van der Waals surface area contributed by atoms with E-state index in [9.17, 15) is 4.79 Å². The maximum absolute atomic E-state index is 12.1. The van der Waals surface area contributed by atoms with Gasteiger partial charge in [-0.05, 0) is 44.2 Å². The van der Waals surface area contributed by atoms with Crippen LogP contribution in [0.15, 0.2) is 24.3 Å². The second kappa shape index (κ2) is 8.61. The largest absolute Gasteiger partial charge is 0.349 e. The first-order chi connectivity index (χ1) is 13.3. The molecule has 0 atom stereocenters. The van der Waals surface area contributed by atoms with Gasteiger partial charge in [0, 0.05) is 19.4 Å². The first-order valence-corrected chi connectivity index (χ1v) is 10.6. The summed E-state index contributed by atoms with van der Waals surface area (Å²) in [6, 6.07) is 8.22. The van der Waals surface area contributed by atoms with Gasteiger partial charge in [-0.3, -0.25) is 4.79 Å². The topological polar surface area (TPSA) is 72.7 Å². The molecule has 0 spiro atoms. The van der Waals surface area contributed by atoms with Gasteiger partial charge in [-0.2, -0.15) is 0 Å². The number of aryl methyl sites for hydroxylation is 2. The van der Waals surface area contributed by atoms with Crippen molar-refractivity contribution in [2.24, 2.45) is 0 Å². The molecule has 0 unspecified atom stereocenters. The van der Waals surface area contributed by atoms with Crippen LogP contribution in [0.25, 0.3) is 10.2 Å². The highest BCUT2D eigenvalue weighted by Crippen LogP contribution is 2.22. The third-order valence-corrected chi connectivity index (χ3v) is 6.11. The SMILES string of the molecule is O=C(CCCCc1nc2ccccc2s1)NCc1nnc2n1CCCCC2. The maximum Gasteiger partial charge on any atom is 0.220 e. The lowest BCUT2D eigenvalue weighted by Gasteiger charge is -2.08. The van der Waals surface area contributed by atoms with Crippen LogP contribution in [-0.4, -0.2) is 25.7 Å². The lowest BCUT2D eigenvalue weighted by atomic mass is 10.2. The van der Waals surface area contributed by atoms with E-state index in [2.05, 4.69) is 31.1 Å². The molecule has 3 aromatic rings. The highest BCUT2D eigenvalue weighted by molar-refractivity contribution is 7.18. The van der Waals surface area contributed by atoms with E-state index in [1.54, 1.807) is 11.3 Å². The van der Waals surface area contributed by atoms with Crippen molar-refractivity contribution in [2.45, 2.75) is 64.5 Å². The number of hydrogen-bond donors (Lipinski definition) is 1. The van der Waals surface area contributed by atoms with Gasteiger partial charge in [-0.25, -0.2) is 4.98 Å². The Morgan fingerprint density at radius 1 is 1.15 bits per heavy atom. The van der Waals surface area contributed by atoms with E-state index in [-0.39, 0.29) is 5.91 Å². The van der Waals surface area contributed by atoms with Crippen LogP contribution in [0.2, 0.25) is 0 Å². The molecule has 2 aromatic heterocycles. The summed E-state index contributed by atoms with van der Waals surface area (Å²) >= 11 is 1.75. The zero-order valence-electron chi connectivity index (χ0n) is 15.5. The fraction of sp³-hybridized carbons (Fsp3) is 0.500. The number of benzene rings is 1. The molecule has 142 valence electrons. The summed E-state index contributed by atoms with van der Waals surface area (Å²) in [4.78, 5) is 16.8. The smallest absolute Gasteiger partial charge is 0.220 e. The minimum atomic E-state index is 0.0882. The van der Waals surface area contributed by atoms with Crippen LogP contribution in [0.5, 0.6) is 0 Å². The number of fused-ring (bicyclic) bond motifs is 2. The Morgan fingerprint density at radius 3 is 3.00 bits per heavy atom. The standard InChI is InChI=1S/C20H25N5OS/c26-19(21-14-18-24-23-17-10-2-1-7-13-25(17)18)11-5-6-12-20-22-15-8-3-4-9-16(15)27-20/h3-4,8-9H,1-2,5-7,10-14H2,(H,21,26). The van der Waals surface area contributed by atoms with Gasteiger partial charge in [0.15, 0.2) is 5.82 Å². The number of carbonyl (C=O) groups is 1. The molecular formula is C20H25N5OS. The Bertz CT molecular complexity index is 883. The van der Waals surface area contributed by atoms with Gasteiger partial charge in [0.05, 0.1) is 21.8 Å².